The molecule has 2 bridgehead atoms. The molecule has 22 nitrogen and oxygen atoms in total. The predicted molar refractivity (Wildman–Crippen MR) is 249 cm³/mol. The van der Waals surface area contributed by atoms with Crippen molar-refractivity contribution in [2.24, 2.45) is 5.41 Å². The van der Waals surface area contributed by atoms with Gasteiger partial charge in [-0.05, 0) is 99.2 Å². The third-order valence-electron chi connectivity index (χ3n) is 13.0. The van der Waals surface area contributed by atoms with E-state index in [0.717, 1.165) is 34.4 Å². The van der Waals surface area contributed by atoms with Crippen molar-refractivity contribution in [1.82, 2.24) is 25.6 Å². The number of nitrogens with zero attached hydrogens (tertiary/aromatic N) is 5. The van der Waals surface area contributed by atoms with Crippen LogP contribution in [0.1, 0.15) is 72.9 Å². The summed E-state index contributed by atoms with van der Waals surface area (Å²) in [6.07, 6.45) is 3.20. The van der Waals surface area contributed by atoms with Gasteiger partial charge in [0.1, 0.15) is 24.1 Å². The van der Waals surface area contributed by atoms with Crippen molar-refractivity contribution in [3.63, 3.8) is 0 Å². The minimum atomic E-state index is -3.78. The molecule has 26 heteroatoms. The number of ether oxygens (including phenoxy) is 6. The second-order valence-electron chi connectivity index (χ2n) is 17.9. The van der Waals surface area contributed by atoms with Crippen molar-refractivity contribution < 1.29 is 90.5 Å². The van der Waals surface area contributed by atoms with Gasteiger partial charge in [-0.2, -0.15) is 0 Å². The molecule has 2 amide bonds. The van der Waals surface area contributed by atoms with Crippen molar-refractivity contribution in [1.29, 1.82) is 0 Å². The first-order valence-corrected chi connectivity index (χ1v) is 25.9. The van der Waals surface area contributed by atoms with Crippen LogP contribution < -0.4 is 4.74 Å². The Morgan fingerprint density at radius 1 is 0.795 bits per heavy atom. The molecule has 3 fully saturated rings. The molecule has 4 N–H and O–H groups in total. The average Bonchev–Trinajstić information content (AvgIpc) is 4.19. The summed E-state index contributed by atoms with van der Waals surface area (Å²) >= 11 is 5.93. The maximum absolute atomic E-state index is 15.7. The molecule has 1 aromatic heterocycles. The maximum atomic E-state index is 15.7. The van der Waals surface area contributed by atoms with E-state index in [4.69, 9.17) is 60.9 Å². The van der Waals surface area contributed by atoms with Gasteiger partial charge in [0.05, 0.1) is 86.6 Å². The highest BCUT2D eigenvalue weighted by Gasteiger charge is 2.62. The molecule has 3 heterocycles. The van der Waals surface area contributed by atoms with E-state index in [1.807, 2.05) is 37.3 Å². The van der Waals surface area contributed by atoms with Gasteiger partial charge in [-0.3, -0.25) is 35.5 Å². The first-order chi connectivity index (χ1) is 34.9. The van der Waals surface area contributed by atoms with Crippen molar-refractivity contribution in [3.8, 4) is 5.75 Å². The summed E-state index contributed by atoms with van der Waals surface area (Å²) < 4.78 is 87.6. The lowest BCUT2D eigenvalue weighted by Gasteiger charge is -2.57. The van der Waals surface area contributed by atoms with Gasteiger partial charge in [0, 0.05) is 36.4 Å². The smallest absolute Gasteiger partial charge is 0.489 e. The van der Waals surface area contributed by atoms with Crippen LogP contribution in [0.2, 0.25) is 5.02 Å². The monoisotopic (exact) mass is 1070 g/mol. The number of aromatic nitrogens is 1. The molecule has 2 aliphatic heterocycles. The molecular weight excluding hydrogens is 1010 g/mol. The number of sulfone groups is 1. The molecule has 2 saturated heterocycles. The van der Waals surface area contributed by atoms with Gasteiger partial charge in [-0.15, -0.1) is 0 Å². The summed E-state index contributed by atoms with van der Waals surface area (Å²) in [6, 6.07) is 9.08. The molecule has 1 aliphatic carbocycles. The van der Waals surface area contributed by atoms with Crippen LogP contribution in [-0.2, 0) is 67.4 Å². The van der Waals surface area contributed by atoms with E-state index >= 15 is 4.79 Å². The van der Waals surface area contributed by atoms with E-state index in [0.29, 0.717) is 44.2 Å². The second kappa shape index (κ2) is 27.1. The Morgan fingerprint density at radius 3 is 2.07 bits per heavy atom. The predicted octanol–water partition coefficient (Wildman–Crippen LogP) is 5.77. The van der Waals surface area contributed by atoms with Gasteiger partial charge in [-0.1, -0.05) is 35.9 Å². The topological polar surface area (TPSA) is 266 Å². The molecule has 404 valence electrons. The summed E-state index contributed by atoms with van der Waals surface area (Å²) in [5.41, 5.74) is 2.46. The lowest BCUT2D eigenvalue weighted by atomic mass is 9.62. The molecule has 0 radical (unpaired) electrons. The number of piperidine rings is 1. The first kappa shape index (κ1) is 57.4. The van der Waals surface area contributed by atoms with Crippen LogP contribution in [0.3, 0.4) is 0 Å². The van der Waals surface area contributed by atoms with Crippen molar-refractivity contribution >= 4 is 39.6 Å². The third-order valence-corrected chi connectivity index (χ3v) is 15.0. The van der Waals surface area contributed by atoms with Crippen molar-refractivity contribution in [2.75, 3.05) is 77.6 Å². The lowest BCUT2D eigenvalue weighted by Crippen LogP contribution is -2.70. The van der Waals surface area contributed by atoms with E-state index in [1.165, 1.54) is 4.90 Å². The summed E-state index contributed by atoms with van der Waals surface area (Å²) in [7, 11) is -3.78. The van der Waals surface area contributed by atoms with Gasteiger partial charge >= 0.3 is 12.2 Å². The Labute approximate surface area is 425 Å². The number of pyridine rings is 1. The molecule has 0 spiro atoms. The minimum absolute atomic E-state index is 0.0175. The molecule has 2 aromatic carbocycles. The van der Waals surface area contributed by atoms with E-state index in [2.05, 4.69) is 14.7 Å². The summed E-state index contributed by atoms with van der Waals surface area (Å²) in [6.45, 7) is 3.07. The molecule has 6 rings (SSSR count). The number of halogens is 3. The largest absolute Gasteiger partial charge is 0.508 e. The van der Waals surface area contributed by atoms with Gasteiger partial charge in [0.25, 0.3) is 0 Å². The molecule has 4 unspecified atom stereocenters. The highest BCUT2D eigenvalue weighted by Crippen LogP contribution is 2.53. The normalized spacial score (nSPS) is 20.3. The number of hydrogen-bond acceptors (Lipinski definition) is 20. The molecule has 4 atom stereocenters. The van der Waals surface area contributed by atoms with Crippen LogP contribution in [0.25, 0.3) is 0 Å². The summed E-state index contributed by atoms with van der Waals surface area (Å²) in [5.74, 6) is -3.70. The minimum Gasteiger partial charge on any atom is -0.489 e. The molecule has 73 heavy (non-hydrogen) atoms. The van der Waals surface area contributed by atoms with Crippen LogP contribution in [-0.4, -0.2) is 169 Å². The van der Waals surface area contributed by atoms with Crippen LogP contribution in [0, 0.1) is 24.0 Å². The molecule has 1 saturated carbocycles. The fourth-order valence-electron chi connectivity index (χ4n) is 9.20. The molecule has 3 aromatic rings. The third kappa shape index (κ3) is 16.1. The van der Waals surface area contributed by atoms with Gasteiger partial charge in [-0.25, -0.2) is 36.5 Å². The van der Waals surface area contributed by atoms with E-state index in [-0.39, 0.29) is 102 Å². The van der Waals surface area contributed by atoms with Crippen molar-refractivity contribution in [2.45, 2.75) is 89.4 Å². The maximum Gasteiger partial charge on any atom is 0.508 e. The highest BCUT2D eigenvalue weighted by atomic mass is 35.5. The fraction of sp³-hybridized carbons (Fsp3) is 0.574. The number of fused-ring (bicyclic) bond motifs is 2. The Hall–Kier alpha value is -4.90. The zero-order chi connectivity index (χ0) is 52.7. The Balaban J connectivity index is 1.18. The number of benzene rings is 2. The number of rotatable bonds is 28. The van der Waals surface area contributed by atoms with Crippen LogP contribution in [0.4, 0.5) is 18.4 Å². The fourth-order valence-corrected chi connectivity index (χ4v) is 11.4. The quantitative estimate of drug-likeness (QED) is 0.0291. The van der Waals surface area contributed by atoms with Gasteiger partial charge < -0.3 is 33.3 Å². The number of hydrogen-bond donors (Lipinski definition) is 4. The number of aryl methyl sites for hydroxylation is 2. The zero-order valence-corrected chi connectivity index (χ0v) is 42.0. The average molecular weight is 1070 g/mol. The van der Waals surface area contributed by atoms with Crippen LogP contribution >= 0.6 is 11.6 Å². The summed E-state index contributed by atoms with van der Waals surface area (Å²) in [4.78, 5) is 58.6. The van der Waals surface area contributed by atoms with Gasteiger partial charge in [0.15, 0.2) is 21.4 Å². The SMILES string of the molecule is Cc1c(CN(C(=O)C2(C)C(c3ccc(CCCOc4c(F)ccc(F)c4Cl)cc3)CC3CS(=O)(=O)CC2N3C(=O)OCCOCCON(O)O)C2CC2)ccnc1CCCOC(=O)OCCOCCON(O)O. The number of amides is 2. The Kier molecular flexibility index (Phi) is 21.3. The standard InChI is InChI=1S/C47H62ClF2N5O17S/c1-31-34(15-16-51-40(31)6-4-18-69-46(58)70-24-20-66-22-26-72-55(61)62)28-52(35-11-12-35)44(56)47(2)37(33-9-7-32(8-10-33)5-3-17-67-43-39(50)14-13-38(49)42(43)48)27-36-29-73(63,64)30-41(47)53(36)45(57)68-23-19-65-21-25-71-54(59)60/h7-10,13-16,35-37,41,59-62H,3-6,11-12,17-30H2,1-2H3. The Morgan fingerprint density at radius 2 is 1.41 bits per heavy atom. The molecular formula is C47H62ClF2N5O17S. The van der Waals surface area contributed by atoms with E-state index < -0.39 is 78.7 Å². The second-order valence-corrected chi connectivity index (χ2v) is 20.4. The lowest BCUT2D eigenvalue weighted by molar-refractivity contribution is -0.493. The van der Waals surface area contributed by atoms with E-state index in [1.54, 1.807) is 18.0 Å². The number of carbonyl (C=O) groups is 3. The molecule has 3 aliphatic rings. The zero-order valence-electron chi connectivity index (χ0n) is 40.4. The Bertz CT molecular complexity index is 2430. The van der Waals surface area contributed by atoms with Crippen LogP contribution in [0.15, 0.2) is 48.7 Å². The first-order valence-electron chi connectivity index (χ1n) is 23.7. The summed E-state index contributed by atoms with van der Waals surface area (Å²) in [5, 5.41) is 33.2. The van der Waals surface area contributed by atoms with Crippen molar-refractivity contribution in [3.05, 3.63) is 93.3 Å². The number of carbonyl (C=O) groups excluding carboxylic acids is 3. The highest BCUT2D eigenvalue weighted by molar-refractivity contribution is 7.91. The van der Waals surface area contributed by atoms with Crippen LogP contribution in [0.5, 0.6) is 5.75 Å². The van der Waals surface area contributed by atoms with E-state index in [9.17, 15) is 26.8 Å². The van der Waals surface area contributed by atoms with Gasteiger partial charge in [0.2, 0.25) is 5.91 Å².